The van der Waals surface area contributed by atoms with Crippen molar-refractivity contribution in [3.63, 3.8) is 0 Å². The van der Waals surface area contributed by atoms with E-state index < -0.39 is 14.9 Å². The molecule has 1 aliphatic rings. The Kier molecular flexibility index (Phi) is 6.59. The van der Waals surface area contributed by atoms with Gasteiger partial charge >= 0.3 is 0 Å². The smallest absolute Gasteiger partial charge is 0.293 e. The number of nitro groups is 1. The van der Waals surface area contributed by atoms with Gasteiger partial charge in [-0.3, -0.25) is 20.0 Å². The third-order valence-corrected chi connectivity index (χ3v) is 7.32. The summed E-state index contributed by atoms with van der Waals surface area (Å²) in [5.74, 6) is 0. The number of para-hydroxylation sites is 1. The minimum absolute atomic E-state index is 0.103. The molecule has 9 nitrogen and oxygen atoms in total. The molecule has 2 aromatic carbocycles. The summed E-state index contributed by atoms with van der Waals surface area (Å²) < 4.78 is 27.4. The largest absolute Gasteiger partial charge is 0.363 e. The molecule has 0 saturated carbocycles. The van der Waals surface area contributed by atoms with Crippen molar-refractivity contribution in [2.75, 3.05) is 31.1 Å². The second kappa shape index (κ2) is 9.42. The monoisotopic (exact) mass is 469 g/mol. The van der Waals surface area contributed by atoms with E-state index in [9.17, 15) is 18.5 Å². The normalized spacial score (nSPS) is 15.3. The summed E-state index contributed by atoms with van der Waals surface area (Å²) in [5.41, 5.74) is 2.38. The van der Waals surface area contributed by atoms with Gasteiger partial charge < -0.3 is 4.90 Å². The Hall–Kier alpha value is -3.08. The number of pyridine rings is 1. The van der Waals surface area contributed by atoms with E-state index in [2.05, 4.69) is 20.7 Å². The predicted octanol–water partition coefficient (Wildman–Crippen LogP) is 3.15. The van der Waals surface area contributed by atoms with Crippen LogP contribution >= 0.6 is 0 Å². The van der Waals surface area contributed by atoms with E-state index in [1.807, 2.05) is 29.2 Å². The van der Waals surface area contributed by atoms with Crippen LogP contribution in [0.2, 0.25) is 0 Å². The van der Waals surface area contributed by atoms with Crippen LogP contribution < -0.4 is 9.62 Å². The summed E-state index contributed by atoms with van der Waals surface area (Å²) in [6.07, 6.45) is 1.80. The molecule has 1 fully saturated rings. The number of nitrogens with one attached hydrogen (secondary N) is 1. The van der Waals surface area contributed by atoms with Crippen LogP contribution in [0.15, 0.2) is 59.6 Å². The third kappa shape index (κ3) is 5.13. The maximum absolute atomic E-state index is 12.5. The van der Waals surface area contributed by atoms with E-state index in [4.69, 9.17) is 0 Å². The van der Waals surface area contributed by atoms with Crippen LogP contribution in [0, 0.1) is 10.1 Å². The average Bonchev–Trinajstić information content (AvgIpc) is 2.78. The van der Waals surface area contributed by atoms with Crippen molar-refractivity contribution in [1.29, 1.82) is 0 Å². The number of piperazine rings is 1. The summed E-state index contributed by atoms with van der Waals surface area (Å²) in [6, 6.07) is 13.9. The Morgan fingerprint density at radius 3 is 2.52 bits per heavy atom. The number of hydrogen-bond donors (Lipinski definition) is 1. The highest BCUT2D eigenvalue weighted by molar-refractivity contribution is 7.89. The maximum atomic E-state index is 12.5. The van der Waals surface area contributed by atoms with Gasteiger partial charge in [0, 0.05) is 56.4 Å². The summed E-state index contributed by atoms with van der Waals surface area (Å²) in [4.78, 5) is 19.9. The fourth-order valence-electron chi connectivity index (χ4n) is 4.15. The van der Waals surface area contributed by atoms with Crippen LogP contribution in [-0.4, -0.2) is 55.4 Å². The Labute approximate surface area is 193 Å². The first-order valence-corrected chi connectivity index (χ1v) is 12.3. The number of hydrogen-bond acceptors (Lipinski definition) is 7. The Bertz CT molecular complexity index is 1270. The molecule has 2 heterocycles. The summed E-state index contributed by atoms with van der Waals surface area (Å²) in [5, 5.41) is 12.8. The molecule has 33 heavy (non-hydrogen) atoms. The topological polar surface area (TPSA) is 109 Å². The molecule has 1 saturated heterocycles. The highest BCUT2D eigenvalue weighted by Crippen LogP contribution is 2.32. The van der Waals surface area contributed by atoms with E-state index in [-0.39, 0.29) is 16.6 Å². The van der Waals surface area contributed by atoms with Crippen LogP contribution in [0.3, 0.4) is 0 Å². The van der Waals surface area contributed by atoms with Gasteiger partial charge in [0.05, 0.1) is 15.3 Å². The average molecular weight is 470 g/mol. The zero-order valence-electron chi connectivity index (χ0n) is 18.6. The molecule has 1 N–H and O–H groups in total. The van der Waals surface area contributed by atoms with E-state index in [1.165, 1.54) is 12.1 Å². The van der Waals surface area contributed by atoms with Crippen LogP contribution in [0.5, 0.6) is 0 Å². The highest BCUT2D eigenvalue weighted by Gasteiger charge is 2.27. The van der Waals surface area contributed by atoms with Gasteiger partial charge in [-0.15, -0.1) is 0 Å². The van der Waals surface area contributed by atoms with Gasteiger partial charge in [-0.05, 0) is 37.6 Å². The minimum atomic E-state index is -3.81. The highest BCUT2D eigenvalue weighted by atomic mass is 32.2. The van der Waals surface area contributed by atoms with Gasteiger partial charge in [-0.1, -0.05) is 24.3 Å². The zero-order chi connectivity index (χ0) is 23.6. The van der Waals surface area contributed by atoms with Crippen LogP contribution in [0.25, 0.3) is 10.9 Å². The van der Waals surface area contributed by atoms with Gasteiger partial charge in [0.2, 0.25) is 10.0 Å². The second-order valence-corrected chi connectivity index (χ2v) is 10.2. The van der Waals surface area contributed by atoms with Gasteiger partial charge in [0.1, 0.15) is 5.69 Å². The fourth-order valence-corrected chi connectivity index (χ4v) is 5.42. The molecular weight excluding hydrogens is 442 g/mol. The van der Waals surface area contributed by atoms with Crippen molar-refractivity contribution < 1.29 is 13.3 Å². The lowest BCUT2D eigenvalue weighted by molar-refractivity contribution is -0.384. The van der Waals surface area contributed by atoms with Crippen molar-refractivity contribution in [3.05, 3.63) is 70.4 Å². The van der Waals surface area contributed by atoms with Crippen molar-refractivity contribution in [2.24, 2.45) is 0 Å². The lowest BCUT2D eigenvalue weighted by Gasteiger charge is -2.36. The molecule has 0 bridgehead atoms. The van der Waals surface area contributed by atoms with Crippen LogP contribution in [0.1, 0.15) is 19.4 Å². The Balaban J connectivity index is 1.49. The van der Waals surface area contributed by atoms with Gasteiger partial charge in [0.15, 0.2) is 0 Å². The molecule has 0 radical (unpaired) electrons. The molecule has 3 aromatic rings. The number of aromatic nitrogens is 1. The molecule has 4 rings (SSSR count). The van der Waals surface area contributed by atoms with Crippen molar-refractivity contribution in [2.45, 2.75) is 31.3 Å². The maximum Gasteiger partial charge on any atom is 0.293 e. The van der Waals surface area contributed by atoms with Gasteiger partial charge in [0.25, 0.3) is 5.69 Å². The number of nitro benzene ring substituents is 1. The molecule has 174 valence electrons. The first-order valence-electron chi connectivity index (χ1n) is 10.9. The van der Waals surface area contributed by atoms with Crippen molar-refractivity contribution >= 4 is 32.3 Å². The quantitative estimate of drug-likeness (QED) is 0.418. The fraction of sp³-hybridized carbons (Fsp3) is 0.348. The number of anilines is 1. The molecule has 0 spiro atoms. The third-order valence-electron chi connectivity index (χ3n) is 5.67. The van der Waals surface area contributed by atoms with E-state index in [1.54, 1.807) is 20.0 Å². The molecule has 10 heteroatoms. The summed E-state index contributed by atoms with van der Waals surface area (Å²) >= 11 is 0. The molecule has 0 amide bonds. The number of fused-ring (bicyclic) bond motifs is 1. The molecule has 0 atom stereocenters. The summed E-state index contributed by atoms with van der Waals surface area (Å²) in [7, 11) is -3.81. The molecule has 1 aliphatic heterocycles. The minimum Gasteiger partial charge on any atom is -0.363 e. The molecule has 1 aromatic heterocycles. The Morgan fingerprint density at radius 1 is 1.09 bits per heavy atom. The van der Waals surface area contributed by atoms with Gasteiger partial charge in [-0.25, -0.2) is 13.1 Å². The number of rotatable bonds is 7. The Morgan fingerprint density at radius 2 is 1.82 bits per heavy atom. The molecule has 0 unspecified atom stereocenters. The molecular formula is C23H27N5O4S. The lowest BCUT2D eigenvalue weighted by Crippen LogP contribution is -2.46. The predicted molar refractivity (Wildman–Crippen MR) is 128 cm³/mol. The standard InChI is InChI=1S/C23H27N5O4S/c1-17(2)25-33(31,32)20-8-9-21(22(15-20)28(29)30)27-13-11-26(12-14-27)16-19-6-3-5-18-7-4-10-24-23(18)19/h3-10,15,17,25H,11-14,16H2,1-2H3. The number of sulfonamides is 1. The first kappa shape index (κ1) is 23.1. The first-order chi connectivity index (χ1) is 15.7. The zero-order valence-corrected chi connectivity index (χ0v) is 19.5. The van der Waals surface area contributed by atoms with Crippen LogP contribution in [0.4, 0.5) is 11.4 Å². The number of benzene rings is 2. The van der Waals surface area contributed by atoms with E-state index in [0.29, 0.717) is 18.8 Å². The molecule has 0 aliphatic carbocycles. The lowest BCUT2D eigenvalue weighted by atomic mass is 10.1. The SMILES string of the molecule is CC(C)NS(=O)(=O)c1ccc(N2CCN(Cc3cccc4cccnc34)CC2)c([N+](=O)[O-])c1. The van der Waals surface area contributed by atoms with Crippen molar-refractivity contribution in [3.8, 4) is 0 Å². The van der Waals surface area contributed by atoms with Crippen molar-refractivity contribution in [1.82, 2.24) is 14.6 Å². The summed E-state index contributed by atoms with van der Waals surface area (Å²) in [6.45, 7) is 6.83. The van der Waals surface area contributed by atoms with E-state index in [0.717, 1.165) is 42.2 Å². The van der Waals surface area contributed by atoms with E-state index >= 15 is 0 Å². The van der Waals surface area contributed by atoms with Crippen LogP contribution in [-0.2, 0) is 16.6 Å². The van der Waals surface area contributed by atoms with Gasteiger partial charge in [-0.2, -0.15) is 0 Å². The second-order valence-electron chi connectivity index (χ2n) is 8.44. The number of nitrogens with zero attached hydrogens (tertiary/aromatic N) is 4.